The molecule has 70 valence electrons. The van der Waals surface area contributed by atoms with Crippen molar-refractivity contribution in [2.75, 3.05) is 0 Å². The van der Waals surface area contributed by atoms with E-state index in [2.05, 4.69) is 4.98 Å². The first-order chi connectivity index (χ1) is 6.11. The molecule has 0 aromatic carbocycles. The molecule has 1 aromatic rings. The van der Waals surface area contributed by atoms with Crippen molar-refractivity contribution < 1.29 is 14.7 Å². The van der Waals surface area contributed by atoms with Crippen LogP contribution in [0.25, 0.3) is 0 Å². The molecule has 1 unspecified atom stereocenters. The molecular formula is C7H9N3O3. The minimum Gasteiger partial charge on any atom is -0.465 e. The topological polar surface area (TPSA) is 84.2 Å². The Balaban J connectivity index is 2.63. The Morgan fingerprint density at radius 2 is 2.31 bits per heavy atom. The van der Waals surface area contributed by atoms with Crippen LogP contribution in [0.15, 0.2) is 18.7 Å². The quantitative estimate of drug-likeness (QED) is 0.684. The molecule has 0 aliphatic rings. The Labute approximate surface area is 74.2 Å². The predicted molar refractivity (Wildman–Crippen MR) is 43.5 cm³/mol. The average Bonchev–Trinajstić information content (AvgIpc) is 2.53. The molecule has 0 radical (unpaired) electrons. The number of carboxylic acid groups (broad SMARTS) is 1. The third-order valence-electron chi connectivity index (χ3n) is 1.47. The second-order valence-electron chi connectivity index (χ2n) is 2.48. The Bertz CT molecular complexity index is 307. The fourth-order valence-electron chi connectivity index (χ4n) is 0.860. The van der Waals surface area contributed by atoms with Gasteiger partial charge in [0.2, 0.25) is 0 Å². The maximum atomic E-state index is 11.3. The van der Waals surface area contributed by atoms with Crippen molar-refractivity contribution in [3.05, 3.63) is 18.7 Å². The molecule has 0 bridgehead atoms. The molecule has 1 heterocycles. The van der Waals surface area contributed by atoms with E-state index in [1.807, 2.05) is 5.32 Å². The van der Waals surface area contributed by atoms with Gasteiger partial charge in [-0.3, -0.25) is 9.36 Å². The first kappa shape index (κ1) is 9.24. The molecule has 1 aromatic heterocycles. The number of hydrogen-bond acceptors (Lipinski definition) is 3. The average molecular weight is 183 g/mol. The van der Waals surface area contributed by atoms with E-state index in [9.17, 15) is 9.59 Å². The van der Waals surface area contributed by atoms with Gasteiger partial charge in [0.15, 0.2) is 0 Å². The van der Waals surface area contributed by atoms with Crippen LogP contribution in [0.2, 0.25) is 0 Å². The second kappa shape index (κ2) is 3.70. The van der Waals surface area contributed by atoms with Crippen LogP contribution in [-0.4, -0.2) is 32.7 Å². The zero-order valence-electron chi connectivity index (χ0n) is 6.97. The summed E-state index contributed by atoms with van der Waals surface area (Å²) in [5.41, 5.74) is 0. The van der Waals surface area contributed by atoms with E-state index in [1.54, 1.807) is 0 Å². The standard InChI is InChI=1S/C7H9N3O3/c1-5(9-7(12)13)6(11)10-3-2-8-4-10/h2-5,9H,1H3,(H,12,13). The van der Waals surface area contributed by atoms with Crippen LogP contribution < -0.4 is 5.32 Å². The van der Waals surface area contributed by atoms with Gasteiger partial charge in [0.25, 0.3) is 5.91 Å². The van der Waals surface area contributed by atoms with E-state index < -0.39 is 12.1 Å². The summed E-state index contributed by atoms with van der Waals surface area (Å²) in [6, 6.07) is -0.772. The zero-order chi connectivity index (χ0) is 9.84. The predicted octanol–water partition coefficient (Wildman–Crippen LogP) is 0.179. The Hall–Kier alpha value is -1.85. The van der Waals surface area contributed by atoms with Gasteiger partial charge < -0.3 is 10.4 Å². The molecule has 13 heavy (non-hydrogen) atoms. The second-order valence-corrected chi connectivity index (χ2v) is 2.48. The number of hydrogen-bond donors (Lipinski definition) is 2. The van der Waals surface area contributed by atoms with E-state index in [0.29, 0.717) is 0 Å². The molecule has 0 aliphatic heterocycles. The molecule has 1 rings (SSSR count). The van der Waals surface area contributed by atoms with Crippen LogP contribution in [0.1, 0.15) is 11.7 Å². The van der Waals surface area contributed by atoms with Gasteiger partial charge in [-0.25, -0.2) is 9.78 Å². The molecule has 1 amide bonds. The number of aromatic nitrogens is 2. The SMILES string of the molecule is CC(NC(=O)O)C(=O)n1ccnc1. The molecular weight excluding hydrogens is 174 g/mol. The highest BCUT2D eigenvalue weighted by molar-refractivity contribution is 5.86. The number of nitrogens with zero attached hydrogens (tertiary/aromatic N) is 2. The molecule has 0 spiro atoms. The van der Waals surface area contributed by atoms with Gasteiger partial charge in [0, 0.05) is 12.4 Å². The fourth-order valence-corrected chi connectivity index (χ4v) is 0.860. The molecule has 0 saturated carbocycles. The molecule has 0 saturated heterocycles. The minimum atomic E-state index is -1.22. The van der Waals surface area contributed by atoms with E-state index in [4.69, 9.17) is 5.11 Å². The molecule has 0 fully saturated rings. The number of imidazole rings is 1. The normalized spacial score (nSPS) is 12.1. The Morgan fingerprint density at radius 1 is 1.62 bits per heavy atom. The van der Waals surface area contributed by atoms with E-state index in [-0.39, 0.29) is 5.91 Å². The lowest BCUT2D eigenvalue weighted by atomic mass is 10.3. The Morgan fingerprint density at radius 3 is 2.77 bits per heavy atom. The smallest absolute Gasteiger partial charge is 0.405 e. The number of carbonyl (C=O) groups is 2. The van der Waals surface area contributed by atoms with Crippen molar-refractivity contribution in [1.82, 2.24) is 14.9 Å². The van der Waals surface area contributed by atoms with Crippen LogP contribution in [0.5, 0.6) is 0 Å². The van der Waals surface area contributed by atoms with Crippen molar-refractivity contribution in [3.63, 3.8) is 0 Å². The summed E-state index contributed by atoms with van der Waals surface area (Å²) >= 11 is 0. The minimum absolute atomic E-state index is 0.361. The van der Waals surface area contributed by atoms with E-state index in [0.717, 1.165) is 0 Å². The number of rotatable bonds is 2. The molecule has 0 aliphatic carbocycles. The Kier molecular flexibility index (Phi) is 2.63. The first-order valence-corrected chi connectivity index (χ1v) is 3.63. The highest BCUT2D eigenvalue weighted by Crippen LogP contribution is 1.91. The van der Waals surface area contributed by atoms with Crippen molar-refractivity contribution in [3.8, 4) is 0 Å². The molecule has 2 N–H and O–H groups in total. The third kappa shape index (κ3) is 2.29. The van der Waals surface area contributed by atoms with Crippen molar-refractivity contribution in [2.45, 2.75) is 13.0 Å². The summed E-state index contributed by atoms with van der Waals surface area (Å²) < 4.78 is 1.22. The summed E-state index contributed by atoms with van der Waals surface area (Å²) in [6.45, 7) is 1.47. The zero-order valence-corrected chi connectivity index (χ0v) is 6.97. The van der Waals surface area contributed by atoms with E-state index >= 15 is 0 Å². The third-order valence-corrected chi connectivity index (χ3v) is 1.47. The maximum absolute atomic E-state index is 11.3. The van der Waals surface area contributed by atoms with Crippen LogP contribution in [-0.2, 0) is 0 Å². The van der Waals surface area contributed by atoms with Gasteiger partial charge in [0.1, 0.15) is 12.4 Å². The summed E-state index contributed by atoms with van der Waals surface area (Å²) in [6.07, 6.45) is 3.01. The van der Waals surface area contributed by atoms with E-state index in [1.165, 1.54) is 30.2 Å². The maximum Gasteiger partial charge on any atom is 0.405 e. The lowest BCUT2D eigenvalue weighted by Crippen LogP contribution is -2.39. The van der Waals surface area contributed by atoms with Gasteiger partial charge in [-0.15, -0.1) is 0 Å². The largest absolute Gasteiger partial charge is 0.465 e. The van der Waals surface area contributed by atoms with Crippen LogP contribution in [0, 0.1) is 0 Å². The lowest BCUT2D eigenvalue weighted by Gasteiger charge is -2.09. The van der Waals surface area contributed by atoms with Gasteiger partial charge in [-0.1, -0.05) is 0 Å². The molecule has 1 atom stereocenters. The highest BCUT2D eigenvalue weighted by atomic mass is 16.4. The fraction of sp³-hybridized carbons (Fsp3) is 0.286. The summed E-state index contributed by atoms with van der Waals surface area (Å²) in [5, 5.41) is 10.4. The van der Waals surface area contributed by atoms with Crippen molar-refractivity contribution in [1.29, 1.82) is 0 Å². The number of nitrogens with one attached hydrogen (secondary N) is 1. The van der Waals surface area contributed by atoms with Crippen LogP contribution in [0.3, 0.4) is 0 Å². The van der Waals surface area contributed by atoms with Crippen molar-refractivity contribution >= 4 is 12.0 Å². The first-order valence-electron chi connectivity index (χ1n) is 3.63. The molecule has 6 nitrogen and oxygen atoms in total. The van der Waals surface area contributed by atoms with Crippen molar-refractivity contribution in [2.24, 2.45) is 0 Å². The van der Waals surface area contributed by atoms with Crippen LogP contribution >= 0.6 is 0 Å². The monoisotopic (exact) mass is 183 g/mol. The summed E-state index contributed by atoms with van der Waals surface area (Å²) in [5.74, 6) is -0.361. The van der Waals surface area contributed by atoms with Gasteiger partial charge in [-0.05, 0) is 6.92 Å². The lowest BCUT2D eigenvalue weighted by molar-refractivity contribution is 0.0863. The van der Waals surface area contributed by atoms with Gasteiger partial charge in [0.05, 0.1) is 0 Å². The number of amides is 1. The summed E-state index contributed by atoms with van der Waals surface area (Å²) in [4.78, 5) is 25.2. The van der Waals surface area contributed by atoms with Gasteiger partial charge in [-0.2, -0.15) is 0 Å². The van der Waals surface area contributed by atoms with Gasteiger partial charge >= 0.3 is 6.09 Å². The summed E-state index contributed by atoms with van der Waals surface area (Å²) in [7, 11) is 0. The van der Waals surface area contributed by atoms with Crippen LogP contribution in [0.4, 0.5) is 4.79 Å². The highest BCUT2D eigenvalue weighted by Gasteiger charge is 2.15. The molecule has 6 heteroatoms. The number of carbonyl (C=O) groups excluding carboxylic acids is 1.